The van der Waals surface area contributed by atoms with Crippen LogP contribution in [0.1, 0.15) is 78.6 Å². The van der Waals surface area contributed by atoms with E-state index in [2.05, 4.69) is 13.8 Å². The summed E-state index contributed by atoms with van der Waals surface area (Å²) in [5.74, 6) is 3.97. The van der Waals surface area contributed by atoms with Gasteiger partial charge in [-0.25, -0.2) is 0 Å². The second kappa shape index (κ2) is 5.31. The molecule has 23 heavy (non-hydrogen) atoms. The van der Waals surface area contributed by atoms with Crippen molar-refractivity contribution in [2.45, 2.75) is 84.7 Å². The van der Waals surface area contributed by atoms with Crippen LogP contribution < -0.4 is 0 Å². The molecule has 0 heterocycles. The van der Waals surface area contributed by atoms with Gasteiger partial charge in [-0.1, -0.05) is 13.8 Å². The molecule has 2 nitrogen and oxygen atoms in total. The van der Waals surface area contributed by atoms with Gasteiger partial charge in [-0.15, -0.1) is 0 Å². The van der Waals surface area contributed by atoms with Crippen molar-refractivity contribution in [1.82, 2.24) is 0 Å². The zero-order valence-electron chi connectivity index (χ0n) is 15.2. The maximum absolute atomic E-state index is 12.2. The number of aliphatic hydroxyl groups excluding tert-OH is 1. The van der Waals surface area contributed by atoms with E-state index >= 15 is 0 Å². The summed E-state index contributed by atoms with van der Waals surface area (Å²) >= 11 is 0. The molecule has 130 valence electrons. The van der Waals surface area contributed by atoms with E-state index in [1.165, 1.54) is 38.5 Å². The molecular formula is C21H34O2. The van der Waals surface area contributed by atoms with Crippen LogP contribution in [-0.4, -0.2) is 17.0 Å². The first kappa shape index (κ1) is 16.1. The van der Waals surface area contributed by atoms with Crippen LogP contribution in [-0.2, 0) is 4.79 Å². The van der Waals surface area contributed by atoms with Crippen molar-refractivity contribution < 1.29 is 9.90 Å². The summed E-state index contributed by atoms with van der Waals surface area (Å²) < 4.78 is 0. The van der Waals surface area contributed by atoms with E-state index in [0.717, 1.165) is 42.9 Å². The summed E-state index contributed by atoms with van der Waals surface area (Å²) in [5, 5.41) is 10.1. The minimum atomic E-state index is -0.0490. The van der Waals surface area contributed by atoms with Crippen molar-refractivity contribution in [2.75, 3.05) is 0 Å². The summed E-state index contributed by atoms with van der Waals surface area (Å²) in [6, 6.07) is 0. The lowest BCUT2D eigenvalue weighted by Crippen LogP contribution is -2.54. The van der Waals surface area contributed by atoms with Gasteiger partial charge < -0.3 is 5.11 Å². The molecule has 0 aromatic heterocycles. The topological polar surface area (TPSA) is 37.3 Å². The first-order valence-electron chi connectivity index (χ1n) is 10.0. The molecule has 0 spiro atoms. The maximum atomic E-state index is 12.2. The second-order valence-corrected chi connectivity index (χ2v) is 9.87. The van der Waals surface area contributed by atoms with E-state index in [4.69, 9.17) is 0 Å². The summed E-state index contributed by atoms with van der Waals surface area (Å²) in [6.07, 6.45) is 10.9. The predicted molar refractivity (Wildman–Crippen MR) is 91.9 cm³/mol. The second-order valence-electron chi connectivity index (χ2n) is 9.87. The van der Waals surface area contributed by atoms with Crippen LogP contribution in [0, 0.1) is 40.4 Å². The summed E-state index contributed by atoms with van der Waals surface area (Å²) in [7, 11) is 0. The monoisotopic (exact) mass is 318 g/mol. The molecule has 4 fully saturated rings. The molecule has 0 saturated heterocycles. The quantitative estimate of drug-likeness (QED) is 0.767. The Morgan fingerprint density at radius 2 is 1.61 bits per heavy atom. The number of carbonyl (C=O) groups is 1. The highest BCUT2D eigenvalue weighted by Crippen LogP contribution is 2.67. The van der Waals surface area contributed by atoms with E-state index in [1.54, 1.807) is 0 Å². The molecule has 0 aromatic carbocycles. The molecule has 0 aliphatic heterocycles. The lowest BCUT2D eigenvalue weighted by molar-refractivity contribution is -0.138. The number of hydrogen-bond donors (Lipinski definition) is 1. The van der Waals surface area contributed by atoms with Crippen LogP contribution in [0.3, 0.4) is 0 Å². The predicted octanol–water partition coefficient (Wildman–Crippen LogP) is 4.60. The van der Waals surface area contributed by atoms with Crippen LogP contribution in [0.5, 0.6) is 0 Å². The molecule has 1 N–H and O–H groups in total. The third-order valence-corrected chi connectivity index (χ3v) is 9.13. The van der Waals surface area contributed by atoms with Crippen LogP contribution in [0.4, 0.5) is 0 Å². The molecule has 0 unspecified atom stereocenters. The smallest absolute Gasteiger partial charge is 0.133 e. The van der Waals surface area contributed by atoms with Gasteiger partial charge in [0.2, 0.25) is 0 Å². The maximum Gasteiger partial charge on any atom is 0.133 e. The molecular weight excluding hydrogens is 284 g/mol. The van der Waals surface area contributed by atoms with Gasteiger partial charge in [0.05, 0.1) is 6.10 Å². The highest BCUT2D eigenvalue weighted by Gasteiger charge is 2.60. The number of carbonyl (C=O) groups excluding carboxylic acids is 1. The fourth-order valence-electron chi connectivity index (χ4n) is 7.90. The van der Waals surface area contributed by atoms with Crippen molar-refractivity contribution >= 4 is 5.78 Å². The third kappa shape index (κ3) is 2.19. The molecule has 4 aliphatic carbocycles. The molecule has 4 saturated carbocycles. The zero-order chi connectivity index (χ0) is 16.4. The fourth-order valence-corrected chi connectivity index (χ4v) is 7.90. The Morgan fingerprint density at radius 3 is 2.35 bits per heavy atom. The average molecular weight is 319 g/mol. The summed E-state index contributed by atoms with van der Waals surface area (Å²) in [5.41, 5.74) is 0.738. The van der Waals surface area contributed by atoms with E-state index in [1.807, 2.05) is 6.92 Å². The molecule has 0 radical (unpaired) electrons. The average Bonchev–Trinajstić information content (AvgIpc) is 2.85. The standard InChI is InChI=1S/C21H34O2/c1-13(22)17-6-7-18-16-5-4-14-12-15(23)8-10-20(14,2)19(16)9-11-21(17,18)3/h14-19,23H,4-12H2,1-3H3/t14-,15+,16-,17-,18+,19-,20-,21-/m0/s1. The Bertz CT molecular complexity index is 500. The van der Waals surface area contributed by atoms with Gasteiger partial charge >= 0.3 is 0 Å². The zero-order valence-corrected chi connectivity index (χ0v) is 15.2. The molecule has 8 atom stereocenters. The van der Waals surface area contributed by atoms with Crippen molar-refractivity contribution in [3.05, 3.63) is 0 Å². The van der Waals surface area contributed by atoms with Crippen LogP contribution in [0.2, 0.25) is 0 Å². The Hall–Kier alpha value is -0.370. The minimum Gasteiger partial charge on any atom is -0.393 e. The van der Waals surface area contributed by atoms with Crippen molar-refractivity contribution in [3.8, 4) is 0 Å². The van der Waals surface area contributed by atoms with E-state index < -0.39 is 0 Å². The van der Waals surface area contributed by atoms with Gasteiger partial charge in [0.1, 0.15) is 5.78 Å². The number of hydrogen-bond acceptors (Lipinski definition) is 2. The molecule has 0 amide bonds. The Morgan fingerprint density at radius 1 is 0.913 bits per heavy atom. The Kier molecular flexibility index (Phi) is 3.72. The van der Waals surface area contributed by atoms with Crippen molar-refractivity contribution in [3.63, 3.8) is 0 Å². The number of fused-ring (bicyclic) bond motifs is 5. The largest absolute Gasteiger partial charge is 0.393 e. The minimum absolute atomic E-state index is 0.0490. The summed E-state index contributed by atoms with van der Waals surface area (Å²) in [4.78, 5) is 12.2. The molecule has 4 rings (SSSR count). The van der Waals surface area contributed by atoms with E-state index in [0.29, 0.717) is 17.1 Å². The van der Waals surface area contributed by atoms with Crippen LogP contribution >= 0.6 is 0 Å². The van der Waals surface area contributed by atoms with E-state index in [-0.39, 0.29) is 11.5 Å². The van der Waals surface area contributed by atoms with Crippen molar-refractivity contribution in [1.29, 1.82) is 0 Å². The van der Waals surface area contributed by atoms with Gasteiger partial charge in [0.25, 0.3) is 0 Å². The fraction of sp³-hybridized carbons (Fsp3) is 0.952. The number of ketones is 1. The number of rotatable bonds is 1. The normalized spacial score (nSPS) is 55.7. The van der Waals surface area contributed by atoms with Gasteiger partial charge in [0, 0.05) is 5.92 Å². The molecule has 0 aromatic rings. The lowest BCUT2D eigenvalue weighted by Gasteiger charge is -2.60. The highest BCUT2D eigenvalue weighted by molar-refractivity contribution is 5.79. The number of aliphatic hydroxyl groups is 1. The first-order valence-corrected chi connectivity index (χ1v) is 10.0. The molecule has 0 bridgehead atoms. The van der Waals surface area contributed by atoms with Crippen LogP contribution in [0.15, 0.2) is 0 Å². The SMILES string of the molecule is CC(=O)[C@@H]1CC[C@@H]2[C@@H]3CC[C@H]4C[C@H](O)CC[C@]4(C)[C@H]3CC[C@]21C. The van der Waals surface area contributed by atoms with Gasteiger partial charge in [0.15, 0.2) is 0 Å². The number of Topliss-reactive ketones (excluding diaryl/α,β-unsaturated/α-hetero) is 1. The lowest BCUT2D eigenvalue weighted by atomic mass is 9.44. The van der Waals surface area contributed by atoms with Crippen LogP contribution in [0.25, 0.3) is 0 Å². The Labute approximate surface area is 141 Å². The highest BCUT2D eigenvalue weighted by atomic mass is 16.3. The first-order chi connectivity index (χ1) is 10.9. The van der Waals surface area contributed by atoms with Gasteiger partial charge in [-0.05, 0) is 99.2 Å². The third-order valence-electron chi connectivity index (χ3n) is 9.13. The molecule has 4 aliphatic rings. The van der Waals surface area contributed by atoms with Crippen molar-refractivity contribution in [2.24, 2.45) is 40.4 Å². The molecule has 2 heteroatoms. The van der Waals surface area contributed by atoms with Gasteiger partial charge in [-0.3, -0.25) is 4.79 Å². The Balaban J connectivity index is 1.61. The van der Waals surface area contributed by atoms with Gasteiger partial charge in [-0.2, -0.15) is 0 Å². The van der Waals surface area contributed by atoms with E-state index in [9.17, 15) is 9.90 Å². The summed E-state index contributed by atoms with van der Waals surface area (Å²) in [6.45, 7) is 6.80.